The van der Waals surface area contributed by atoms with Crippen LogP contribution in [0.4, 0.5) is 0 Å². The molecule has 208 valence electrons. The molecule has 3 aliphatic rings. The zero-order valence-corrected chi connectivity index (χ0v) is 22.3. The number of hydrogen-bond acceptors (Lipinski definition) is 11. The van der Waals surface area contributed by atoms with E-state index in [9.17, 15) is 34.8 Å². The van der Waals surface area contributed by atoms with Crippen LogP contribution in [0.2, 0.25) is 0 Å². The number of likely N-dealkylation sites (N-methyl/N-ethyl adjacent to an activating group) is 1. The summed E-state index contributed by atoms with van der Waals surface area (Å²) in [5.41, 5.74) is -1.97. The van der Waals surface area contributed by atoms with Crippen LogP contribution in [0, 0.1) is 6.92 Å². The Bertz CT molecular complexity index is 1680. The third-order valence-electron chi connectivity index (χ3n) is 8.32. The molecule has 2 aliphatic heterocycles. The van der Waals surface area contributed by atoms with Gasteiger partial charge in [-0.1, -0.05) is 12.1 Å². The lowest BCUT2D eigenvalue weighted by molar-refractivity contribution is -0.311. The fraction of sp³-hybridized carbons (Fsp3) is 0.345. The molecule has 3 aromatic rings. The highest BCUT2D eigenvalue weighted by Crippen LogP contribution is 2.53. The fourth-order valence-electron chi connectivity index (χ4n) is 6.27. The van der Waals surface area contributed by atoms with Crippen molar-refractivity contribution in [3.05, 3.63) is 63.2 Å². The van der Waals surface area contributed by atoms with Gasteiger partial charge in [-0.3, -0.25) is 9.59 Å². The smallest absolute Gasteiger partial charge is 0.338 e. The first kappa shape index (κ1) is 26.2. The monoisotopic (exact) mass is 549 g/mol. The third kappa shape index (κ3) is 3.17. The van der Waals surface area contributed by atoms with Gasteiger partial charge in [0.1, 0.15) is 35.1 Å². The maximum atomic E-state index is 14.1. The highest BCUT2D eigenvalue weighted by Gasteiger charge is 2.59. The number of aryl methyl sites for hydroxylation is 1. The molecule has 11 heteroatoms. The van der Waals surface area contributed by atoms with Gasteiger partial charge in [-0.2, -0.15) is 0 Å². The van der Waals surface area contributed by atoms with E-state index < -0.39 is 59.2 Å². The van der Waals surface area contributed by atoms with Crippen LogP contribution >= 0.6 is 0 Å². The van der Waals surface area contributed by atoms with E-state index >= 15 is 0 Å². The van der Waals surface area contributed by atoms with Crippen molar-refractivity contribution < 1.29 is 49.0 Å². The third-order valence-corrected chi connectivity index (χ3v) is 8.32. The molecule has 2 bridgehead atoms. The Morgan fingerprint density at radius 1 is 1.02 bits per heavy atom. The van der Waals surface area contributed by atoms with Crippen molar-refractivity contribution in [2.45, 2.75) is 44.0 Å². The Morgan fingerprint density at radius 2 is 1.73 bits per heavy atom. The number of phenols is 2. The average Bonchev–Trinajstić information content (AvgIpc) is 2.90. The number of nitrogens with zero attached hydrogens (tertiary/aromatic N) is 1. The summed E-state index contributed by atoms with van der Waals surface area (Å²) in [6, 6.07) is 4.85. The Morgan fingerprint density at radius 3 is 2.38 bits per heavy atom. The maximum absolute atomic E-state index is 14.1. The molecule has 5 atom stereocenters. The maximum Gasteiger partial charge on any atom is 0.338 e. The predicted octanol–water partition coefficient (Wildman–Crippen LogP) is 1.74. The summed E-state index contributed by atoms with van der Waals surface area (Å²) in [7, 11) is 4.55. The molecule has 11 nitrogen and oxygen atoms in total. The molecular weight excluding hydrogens is 522 g/mol. The summed E-state index contributed by atoms with van der Waals surface area (Å²) in [6.45, 7) is 3.22. The predicted molar refractivity (Wildman–Crippen MR) is 139 cm³/mol. The molecule has 0 spiro atoms. The van der Waals surface area contributed by atoms with E-state index in [4.69, 9.17) is 14.2 Å². The Kier molecular flexibility index (Phi) is 5.56. The molecule has 4 N–H and O–H groups in total. The molecule has 1 unspecified atom stereocenters. The topological polar surface area (TPSA) is 163 Å². The summed E-state index contributed by atoms with van der Waals surface area (Å²) >= 11 is 0. The fourth-order valence-corrected chi connectivity index (χ4v) is 6.27. The molecule has 0 saturated carbocycles. The summed E-state index contributed by atoms with van der Waals surface area (Å²) in [5.74, 6) is -3.49. The minimum atomic E-state index is -1.52. The molecule has 0 aromatic heterocycles. The van der Waals surface area contributed by atoms with Gasteiger partial charge in [-0.15, -0.1) is 0 Å². The van der Waals surface area contributed by atoms with Gasteiger partial charge < -0.3 is 39.5 Å². The van der Waals surface area contributed by atoms with E-state index in [1.807, 2.05) is 0 Å². The van der Waals surface area contributed by atoms with E-state index in [1.165, 1.54) is 25.3 Å². The van der Waals surface area contributed by atoms with Crippen molar-refractivity contribution in [2.75, 3.05) is 21.2 Å². The van der Waals surface area contributed by atoms with Crippen molar-refractivity contribution in [3.8, 4) is 17.2 Å². The number of aliphatic hydroxyl groups is 2. The summed E-state index contributed by atoms with van der Waals surface area (Å²) in [5, 5.41) is 44.9. The minimum absolute atomic E-state index is 0.118. The summed E-state index contributed by atoms with van der Waals surface area (Å²) < 4.78 is 16.8. The Labute approximate surface area is 228 Å². The van der Waals surface area contributed by atoms with Gasteiger partial charge in [-0.05, 0) is 45.6 Å². The van der Waals surface area contributed by atoms with Crippen LogP contribution in [0.1, 0.15) is 60.3 Å². The van der Waals surface area contributed by atoms with Gasteiger partial charge in [0, 0.05) is 21.9 Å². The largest absolute Gasteiger partial charge is 0.507 e. The second kappa shape index (κ2) is 8.48. The number of fused-ring (bicyclic) bond motifs is 8. The van der Waals surface area contributed by atoms with Crippen molar-refractivity contribution in [2.24, 2.45) is 0 Å². The molecule has 2 heterocycles. The van der Waals surface area contributed by atoms with Crippen LogP contribution in [0.3, 0.4) is 0 Å². The van der Waals surface area contributed by atoms with E-state index in [0.717, 1.165) is 0 Å². The number of ketones is 2. The van der Waals surface area contributed by atoms with Gasteiger partial charge in [0.25, 0.3) is 0 Å². The Balaban J connectivity index is 1.63. The van der Waals surface area contributed by atoms with Crippen molar-refractivity contribution >= 4 is 28.3 Å². The molecule has 1 aliphatic carbocycles. The van der Waals surface area contributed by atoms with Gasteiger partial charge >= 0.3 is 5.97 Å². The zero-order chi connectivity index (χ0) is 29.0. The van der Waals surface area contributed by atoms with E-state index in [-0.39, 0.29) is 49.9 Å². The first-order chi connectivity index (χ1) is 18.8. The summed E-state index contributed by atoms with van der Waals surface area (Å²) in [4.78, 5) is 42.2. The van der Waals surface area contributed by atoms with Crippen molar-refractivity contribution in [3.63, 3.8) is 0 Å². The lowest BCUT2D eigenvalue weighted by Crippen LogP contribution is -2.68. The second-order valence-electron chi connectivity index (χ2n) is 10.8. The number of hydrogen-bond donors (Lipinski definition) is 4. The van der Waals surface area contributed by atoms with E-state index in [0.29, 0.717) is 5.56 Å². The van der Waals surface area contributed by atoms with Gasteiger partial charge in [0.2, 0.25) is 12.1 Å². The van der Waals surface area contributed by atoms with E-state index in [2.05, 4.69) is 0 Å². The van der Waals surface area contributed by atoms with Crippen LogP contribution < -0.4 is 4.74 Å². The minimum Gasteiger partial charge on any atom is -0.507 e. The first-order valence-corrected chi connectivity index (χ1v) is 12.6. The first-order valence-electron chi connectivity index (χ1n) is 12.6. The molecule has 1 fully saturated rings. The zero-order valence-electron chi connectivity index (χ0n) is 22.3. The number of methoxy groups -OCH3 is 1. The number of esters is 1. The van der Waals surface area contributed by atoms with Crippen LogP contribution in [0.5, 0.6) is 17.2 Å². The van der Waals surface area contributed by atoms with Gasteiger partial charge in [-0.25, -0.2) is 4.79 Å². The van der Waals surface area contributed by atoms with Gasteiger partial charge in [0.05, 0.1) is 35.4 Å². The van der Waals surface area contributed by atoms with Crippen molar-refractivity contribution in [1.29, 1.82) is 0 Å². The lowest BCUT2D eigenvalue weighted by atomic mass is 9.74. The van der Waals surface area contributed by atoms with Crippen LogP contribution in [-0.2, 0) is 15.1 Å². The second-order valence-corrected chi connectivity index (χ2v) is 10.8. The number of aromatic hydroxyl groups is 2. The molecule has 1 saturated heterocycles. The van der Waals surface area contributed by atoms with Crippen LogP contribution in [0.15, 0.2) is 24.3 Å². The number of benzene rings is 3. The lowest BCUT2D eigenvalue weighted by Gasteiger charge is -2.53. The van der Waals surface area contributed by atoms with Crippen LogP contribution in [-0.4, -0.2) is 88.6 Å². The number of carbonyl (C=O) groups excluding carboxylic acids is 3. The molecule has 0 amide bonds. The quantitative estimate of drug-likeness (QED) is 0.269. The number of rotatable bonds is 2. The van der Waals surface area contributed by atoms with Crippen LogP contribution in [0.25, 0.3) is 10.8 Å². The highest BCUT2D eigenvalue weighted by atomic mass is 16.7. The molecular formula is C29H27NO10. The molecule has 0 radical (unpaired) electrons. The highest BCUT2D eigenvalue weighted by molar-refractivity contribution is 6.33. The number of carbonyl (C=O) groups is 3. The SMILES string of the molecule is COC(=O)c1c(C)ccc2c(O)c3c(cc12)C(=O)c1c2c(cc(O)c1C3=O)[C@@]1(C)O[C@@H](O2)[C@@H](O)C(N(C)C)[C@H]1O. The number of phenolic OH excluding ortho intramolecular Hbond substituents is 2. The summed E-state index contributed by atoms with van der Waals surface area (Å²) in [6.07, 6.45) is -3.94. The average molecular weight is 550 g/mol. The molecule has 40 heavy (non-hydrogen) atoms. The number of ether oxygens (including phenoxy) is 3. The number of aliphatic hydroxyl groups excluding tert-OH is 2. The standard InChI is InChI=1S/C29H27NO10/c1-10-6-7-11-12(16(10)27(37)38-5)8-13-17(21(11)32)23(34)18-15(31)9-14-25(19(18)22(13)33)39-28-24(35)20(30(3)4)26(36)29(14,2)40-28/h6-9,20,24,26,28,31-32,35-36H,1-5H3/t20?,24-,26+,28+,29+/m0/s1. The Hall–Kier alpha value is -4.03. The molecule has 6 rings (SSSR count). The van der Waals surface area contributed by atoms with E-state index in [1.54, 1.807) is 38.9 Å². The normalized spacial score (nSPS) is 26.7. The van der Waals surface area contributed by atoms with Gasteiger partial charge in [0.15, 0.2) is 5.78 Å². The molecule has 3 aromatic carbocycles. The van der Waals surface area contributed by atoms with Crippen molar-refractivity contribution in [1.82, 2.24) is 4.90 Å².